The number of hydrogen-bond donors (Lipinski definition) is 2. The fourth-order valence-electron chi connectivity index (χ4n) is 3.01. The normalized spacial score (nSPS) is 10.8. The van der Waals surface area contributed by atoms with Crippen LogP contribution in [0.2, 0.25) is 0 Å². The SMILES string of the molecule is CCCCCCCCCCCCCC(=O)NCCOCCOCCNC(=O)CC. The summed E-state index contributed by atoms with van der Waals surface area (Å²) in [4.78, 5) is 22.8. The fourth-order valence-corrected chi connectivity index (χ4v) is 3.01. The maximum Gasteiger partial charge on any atom is 0.220 e. The van der Waals surface area contributed by atoms with Crippen molar-refractivity contribution < 1.29 is 19.1 Å². The van der Waals surface area contributed by atoms with Crippen molar-refractivity contribution in [3.8, 4) is 0 Å². The molecule has 2 amide bonds. The summed E-state index contributed by atoms with van der Waals surface area (Å²) in [5.41, 5.74) is 0. The third-order valence-electron chi connectivity index (χ3n) is 4.84. The van der Waals surface area contributed by atoms with Gasteiger partial charge in [-0.25, -0.2) is 0 Å². The number of unbranched alkanes of at least 4 members (excludes halogenated alkanes) is 10. The second-order valence-corrected chi connectivity index (χ2v) is 7.56. The maximum atomic E-state index is 11.8. The van der Waals surface area contributed by atoms with Gasteiger partial charge in [-0.1, -0.05) is 78.1 Å². The van der Waals surface area contributed by atoms with Gasteiger partial charge in [0.15, 0.2) is 0 Å². The highest BCUT2D eigenvalue weighted by Gasteiger charge is 2.01. The fraction of sp³-hybridized carbons (Fsp3) is 0.913. The van der Waals surface area contributed by atoms with E-state index < -0.39 is 0 Å². The van der Waals surface area contributed by atoms with E-state index in [0.29, 0.717) is 52.4 Å². The van der Waals surface area contributed by atoms with E-state index in [1.54, 1.807) is 0 Å². The Kier molecular flexibility index (Phi) is 22.2. The summed E-state index contributed by atoms with van der Waals surface area (Å²) in [6.45, 7) is 7.13. The molecule has 0 heterocycles. The molecular weight excluding hydrogens is 368 g/mol. The van der Waals surface area contributed by atoms with Crippen molar-refractivity contribution in [2.45, 2.75) is 97.3 Å². The third-order valence-corrected chi connectivity index (χ3v) is 4.84. The Labute approximate surface area is 178 Å². The van der Waals surface area contributed by atoms with Crippen LogP contribution in [0.5, 0.6) is 0 Å². The Morgan fingerprint density at radius 2 is 1.03 bits per heavy atom. The smallest absolute Gasteiger partial charge is 0.220 e. The molecule has 0 aliphatic rings. The lowest BCUT2D eigenvalue weighted by Gasteiger charge is -2.08. The summed E-state index contributed by atoms with van der Waals surface area (Å²) in [6.07, 6.45) is 15.4. The van der Waals surface area contributed by atoms with Crippen molar-refractivity contribution in [2.24, 2.45) is 0 Å². The molecule has 0 fully saturated rings. The molecule has 0 aliphatic carbocycles. The first-order valence-corrected chi connectivity index (χ1v) is 11.9. The van der Waals surface area contributed by atoms with Crippen LogP contribution in [0.3, 0.4) is 0 Å². The molecule has 6 nitrogen and oxygen atoms in total. The highest BCUT2D eigenvalue weighted by Crippen LogP contribution is 2.11. The van der Waals surface area contributed by atoms with E-state index in [-0.39, 0.29) is 11.8 Å². The Balaban J connectivity index is 3.18. The summed E-state index contributed by atoms with van der Waals surface area (Å²) in [6, 6.07) is 0. The second kappa shape index (κ2) is 23.1. The van der Waals surface area contributed by atoms with Gasteiger partial charge in [-0.3, -0.25) is 9.59 Å². The van der Waals surface area contributed by atoms with Crippen molar-refractivity contribution in [2.75, 3.05) is 39.5 Å². The second-order valence-electron chi connectivity index (χ2n) is 7.56. The Bertz CT molecular complexity index is 378. The number of carbonyl (C=O) groups is 2. The highest BCUT2D eigenvalue weighted by molar-refractivity contribution is 5.75. The molecule has 172 valence electrons. The third kappa shape index (κ3) is 23.0. The standard InChI is InChI=1S/C23H46N2O4/c1-3-5-6-7-8-9-10-11-12-13-14-15-23(27)25-17-19-29-21-20-28-18-16-24-22(26)4-2/h3-21H2,1-2H3,(H,24,26)(H,25,27). The summed E-state index contributed by atoms with van der Waals surface area (Å²) < 4.78 is 10.8. The lowest BCUT2D eigenvalue weighted by atomic mass is 10.1. The van der Waals surface area contributed by atoms with Gasteiger partial charge in [0.1, 0.15) is 0 Å². The summed E-state index contributed by atoms with van der Waals surface area (Å²) in [5.74, 6) is 0.154. The van der Waals surface area contributed by atoms with Gasteiger partial charge in [-0.2, -0.15) is 0 Å². The molecule has 0 spiro atoms. The van der Waals surface area contributed by atoms with Crippen LogP contribution in [0.25, 0.3) is 0 Å². The number of carbonyl (C=O) groups excluding carboxylic acids is 2. The topological polar surface area (TPSA) is 76.7 Å². The minimum atomic E-state index is 0.0359. The molecule has 0 aliphatic heterocycles. The molecule has 6 heteroatoms. The average molecular weight is 415 g/mol. The zero-order valence-corrected chi connectivity index (χ0v) is 19.1. The van der Waals surface area contributed by atoms with Crippen molar-refractivity contribution in [3.63, 3.8) is 0 Å². The van der Waals surface area contributed by atoms with E-state index in [0.717, 1.165) is 12.8 Å². The highest BCUT2D eigenvalue weighted by atomic mass is 16.5. The van der Waals surface area contributed by atoms with Crippen LogP contribution in [0.4, 0.5) is 0 Å². The van der Waals surface area contributed by atoms with E-state index in [4.69, 9.17) is 9.47 Å². The summed E-state index contributed by atoms with van der Waals surface area (Å²) >= 11 is 0. The van der Waals surface area contributed by atoms with Crippen molar-refractivity contribution in [1.82, 2.24) is 10.6 Å². The van der Waals surface area contributed by atoms with Crippen LogP contribution in [0.1, 0.15) is 97.3 Å². The van der Waals surface area contributed by atoms with Crippen LogP contribution in [-0.4, -0.2) is 51.3 Å². The van der Waals surface area contributed by atoms with E-state index in [9.17, 15) is 9.59 Å². The molecule has 0 aromatic carbocycles. The molecule has 0 saturated carbocycles. The molecule has 0 atom stereocenters. The van der Waals surface area contributed by atoms with Crippen LogP contribution in [0, 0.1) is 0 Å². The van der Waals surface area contributed by atoms with Gasteiger partial charge < -0.3 is 20.1 Å². The molecular formula is C23H46N2O4. The largest absolute Gasteiger partial charge is 0.377 e. The number of hydrogen-bond acceptors (Lipinski definition) is 4. The number of rotatable bonds is 22. The van der Waals surface area contributed by atoms with Gasteiger partial charge >= 0.3 is 0 Å². The predicted octanol–water partition coefficient (Wildman–Crippen LogP) is 4.36. The van der Waals surface area contributed by atoms with Crippen LogP contribution in [0.15, 0.2) is 0 Å². The molecule has 0 saturated heterocycles. The van der Waals surface area contributed by atoms with Gasteiger partial charge in [0.05, 0.1) is 26.4 Å². The predicted molar refractivity (Wildman–Crippen MR) is 119 cm³/mol. The lowest BCUT2D eigenvalue weighted by molar-refractivity contribution is -0.122. The minimum Gasteiger partial charge on any atom is -0.377 e. The maximum absolute atomic E-state index is 11.8. The first kappa shape index (κ1) is 27.9. The van der Waals surface area contributed by atoms with E-state index in [2.05, 4.69) is 17.6 Å². The Hall–Kier alpha value is -1.14. The zero-order chi connectivity index (χ0) is 21.4. The van der Waals surface area contributed by atoms with Gasteiger partial charge in [0.2, 0.25) is 11.8 Å². The number of amides is 2. The van der Waals surface area contributed by atoms with E-state index >= 15 is 0 Å². The number of ether oxygens (including phenoxy) is 2. The zero-order valence-electron chi connectivity index (χ0n) is 19.1. The first-order chi connectivity index (χ1) is 14.2. The molecule has 2 N–H and O–H groups in total. The monoisotopic (exact) mass is 414 g/mol. The average Bonchev–Trinajstić information content (AvgIpc) is 2.73. The van der Waals surface area contributed by atoms with Crippen molar-refractivity contribution >= 4 is 11.8 Å². The Morgan fingerprint density at radius 3 is 1.52 bits per heavy atom. The minimum absolute atomic E-state index is 0.0359. The van der Waals surface area contributed by atoms with Crippen LogP contribution < -0.4 is 10.6 Å². The van der Waals surface area contributed by atoms with Gasteiger partial charge in [0.25, 0.3) is 0 Å². The number of nitrogens with one attached hydrogen (secondary N) is 2. The lowest BCUT2D eigenvalue weighted by Crippen LogP contribution is -2.28. The van der Waals surface area contributed by atoms with E-state index in [1.807, 2.05) is 6.92 Å². The first-order valence-electron chi connectivity index (χ1n) is 11.9. The van der Waals surface area contributed by atoms with Gasteiger partial charge in [-0.05, 0) is 6.42 Å². The summed E-state index contributed by atoms with van der Waals surface area (Å²) in [5, 5.41) is 5.64. The van der Waals surface area contributed by atoms with Crippen LogP contribution in [-0.2, 0) is 19.1 Å². The Morgan fingerprint density at radius 1 is 0.586 bits per heavy atom. The molecule has 0 unspecified atom stereocenters. The van der Waals surface area contributed by atoms with Crippen molar-refractivity contribution in [1.29, 1.82) is 0 Å². The molecule has 0 rings (SSSR count). The molecule has 0 radical (unpaired) electrons. The quantitative estimate of drug-likeness (QED) is 0.258. The van der Waals surface area contributed by atoms with Gasteiger partial charge in [0, 0.05) is 25.9 Å². The molecule has 0 aromatic rings. The molecule has 29 heavy (non-hydrogen) atoms. The summed E-state index contributed by atoms with van der Waals surface area (Å²) in [7, 11) is 0. The molecule has 0 aromatic heterocycles. The van der Waals surface area contributed by atoms with Crippen molar-refractivity contribution in [3.05, 3.63) is 0 Å². The van der Waals surface area contributed by atoms with Gasteiger partial charge in [-0.15, -0.1) is 0 Å². The van der Waals surface area contributed by atoms with Crippen LogP contribution >= 0.6 is 0 Å². The van der Waals surface area contributed by atoms with E-state index in [1.165, 1.54) is 57.8 Å². The molecule has 0 bridgehead atoms.